The lowest BCUT2D eigenvalue weighted by Gasteiger charge is -2.15. The minimum atomic E-state index is -4.78. The summed E-state index contributed by atoms with van der Waals surface area (Å²) in [5.74, 6) is -0.740. The first kappa shape index (κ1) is 15.8. The first-order valence-corrected chi connectivity index (χ1v) is 6.32. The number of nitrogens with one attached hydrogen (secondary N) is 1. The maximum atomic E-state index is 12.3. The second-order valence-corrected chi connectivity index (χ2v) is 4.42. The van der Waals surface area contributed by atoms with Crippen LogP contribution in [0.25, 0.3) is 0 Å². The highest BCUT2D eigenvalue weighted by Crippen LogP contribution is 2.26. The lowest BCUT2D eigenvalue weighted by atomic mass is 10.2. The van der Waals surface area contributed by atoms with Crippen molar-refractivity contribution in [2.45, 2.75) is 25.9 Å². The summed E-state index contributed by atoms with van der Waals surface area (Å²) in [6.45, 7) is 1.51. The fourth-order valence-corrected chi connectivity index (χ4v) is 1.74. The van der Waals surface area contributed by atoms with E-state index in [1.165, 1.54) is 35.5 Å². The van der Waals surface area contributed by atoms with Gasteiger partial charge >= 0.3 is 6.36 Å². The summed E-state index contributed by atoms with van der Waals surface area (Å²) in [6.07, 6.45) is -2.12. The molecule has 0 aliphatic carbocycles. The molecule has 1 unspecified atom stereocenters. The third-order valence-electron chi connectivity index (χ3n) is 2.86. The minimum Gasteiger partial charge on any atom is -0.405 e. The molecule has 9 heteroatoms. The molecule has 6 nitrogen and oxygen atoms in total. The molecule has 118 valence electrons. The number of hydrogen-bond acceptors (Lipinski definition) is 4. The Labute approximate surface area is 123 Å². The van der Waals surface area contributed by atoms with Crippen LogP contribution in [0.5, 0.6) is 5.75 Å². The largest absolute Gasteiger partial charge is 0.573 e. The predicted octanol–water partition coefficient (Wildman–Crippen LogP) is 2.05. The summed E-state index contributed by atoms with van der Waals surface area (Å²) in [7, 11) is 0. The zero-order valence-electron chi connectivity index (χ0n) is 11.5. The van der Waals surface area contributed by atoms with Gasteiger partial charge in [0.1, 0.15) is 24.4 Å². The molecule has 22 heavy (non-hydrogen) atoms. The highest BCUT2D eigenvalue weighted by molar-refractivity contribution is 5.79. The average Bonchev–Trinajstić information content (AvgIpc) is 2.97. The molecule has 0 aliphatic rings. The molecular weight excluding hydrogens is 301 g/mol. The Bertz CT molecular complexity index is 628. The smallest absolute Gasteiger partial charge is 0.405 e. The van der Waals surface area contributed by atoms with Gasteiger partial charge < -0.3 is 10.1 Å². The van der Waals surface area contributed by atoms with Crippen LogP contribution in [0.4, 0.5) is 13.2 Å². The fraction of sp³-hybridized carbons (Fsp3) is 0.308. The van der Waals surface area contributed by atoms with Gasteiger partial charge in [-0.15, -0.1) is 13.2 Å². The summed E-state index contributed by atoms with van der Waals surface area (Å²) in [4.78, 5) is 15.7. The van der Waals surface area contributed by atoms with E-state index in [-0.39, 0.29) is 17.9 Å². The number of rotatable bonds is 5. The lowest BCUT2D eigenvalue weighted by molar-refractivity contribution is -0.274. The van der Waals surface area contributed by atoms with Crippen LogP contribution in [0.3, 0.4) is 0 Å². The molecule has 0 saturated carbocycles. The Morgan fingerprint density at radius 1 is 1.41 bits per heavy atom. The van der Waals surface area contributed by atoms with Gasteiger partial charge in [0, 0.05) is 12.1 Å². The molecule has 0 bridgehead atoms. The molecule has 0 saturated heterocycles. The number of amides is 1. The van der Waals surface area contributed by atoms with E-state index in [1.807, 2.05) is 0 Å². The van der Waals surface area contributed by atoms with Gasteiger partial charge in [-0.2, -0.15) is 5.10 Å². The molecule has 0 spiro atoms. The number of hydrogen-bond donors (Lipinski definition) is 1. The highest BCUT2D eigenvalue weighted by Gasteiger charge is 2.32. The van der Waals surface area contributed by atoms with Crippen LogP contribution in [-0.2, 0) is 11.3 Å². The molecule has 1 aromatic carbocycles. The van der Waals surface area contributed by atoms with E-state index in [9.17, 15) is 18.0 Å². The predicted molar refractivity (Wildman–Crippen MR) is 69.7 cm³/mol. The van der Waals surface area contributed by atoms with E-state index in [0.717, 1.165) is 0 Å². The van der Waals surface area contributed by atoms with Crippen LogP contribution in [0, 0.1) is 0 Å². The second-order valence-electron chi connectivity index (χ2n) is 4.42. The first-order valence-electron chi connectivity index (χ1n) is 6.32. The number of halogens is 3. The number of alkyl halides is 3. The van der Waals surface area contributed by atoms with Crippen molar-refractivity contribution in [3.05, 3.63) is 42.5 Å². The van der Waals surface area contributed by atoms with Gasteiger partial charge in [0.2, 0.25) is 5.91 Å². The molecule has 0 aliphatic heterocycles. The van der Waals surface area contributed by atoms with Crippen LogP contribution < -0.4 is 10.1 Å². The number of para-hydroxylation sites is 1. The number of benzene rings is 1. The van der Waals surface area contributed by atoms with Crippen molar-refractivity contribution < 1.29 is 22.7 Å². The summed E-state index contributed by atoms with van der Waals surface area (Å²) < 4.78 is 42.2. The van der Waals surface area contributed by atoms with E-state index in [0.29, 0.717) is 0 Å². The zero-order valence-corrected chi connectivity index (χ0v) is 11.5. The molecule has 1 aromatic heterocycles. The first-order chi connectivity index (χ1) is 10.4. The fourth-order valence-electron chi connectivity index (χ4n) is 1.74. The standard InChI is InChI=1S/C13H13F3N4O2/c1-9(20-8-17-7-19-20)12(21)18-6-10-4-2-3-5-11(10)22-13(14,15)16/h2-5,7-9H,6H2,1H3,(H,18,21). The maximum Gasteiger partial charge on any atom is 0.573 e. The molecule has 2 aromatic rings. The van der Waals surface area contributed by atoms with Gasteiger partial charge in [-0.3, -0.25) is 4.79 Å². The maximum absolute atomic E-state index is 12.3. The second kappa shape index (κ2) is 6.46. The molecule has 0 fully saturated rings. The van der Waals surface area contributed by atoms with Crippen molar-refractivity contribution in [2.24, 2.45) is 0 Å². The van der Waals surface area contributed by atoms with E-state index in [1.54, 1.807) is 13.0 Å². The Balaban J connectivity index is 2.01. The Morgan fingerprint density at radius 2 is 2.14 bits per heavy atom. The topological polar surface area (TPSA) is 69.0 Å². The Kier molecular flexibility index (Phi) is 4.64. The normalized spacial score (nSPS) is 12.7. The number of carbonyl (C=O) groups excluding carboxylic acids is 1. The van der Waals surface area contributed by atoms with Crippen molar-refractivity contribution >= 4 is 5.91 Å². The SMILES string of the molecule is CC(C(=O)NCc1ccccc1OC(F)(F)F)n1cncn1. The molecule has 0 radical (unpaired) electrons. The van der Waals surface area contributed by atoms with Gasteiger partial charge in [0.15, 0.2) is 0 Å². The van der Waals surface area contributed by atoms with Crippen LogP contribution in [0.1, 0.15) is 18.5 Å². The van der Waals surface area contributed by atoms with Crippen molar-refractivity contribution in [1.29, 1.82) is 0 Å². The van der Waals surface area contributed by atoms with Crippen molar-refractivity contribution in [3.63, 3.8) is 0 Å². The number of ether oxygens (including phenoxy) is 1. The molecular formula is C13H13F3N4O2. The van der Waals surface area contributed by atoms with Gasteiger partial charge in [-0.25, -0.2) is 9.67 Å². The van der Waals surface area contributed by atoms with Gasteiger partial charge in [-0.05, 0) is 13.0 Å². The zero-order chi connectivity index (χ0) is 16.2. The van der Waals surface area contributed by atoms with Gasteiger partial charge in [-0.1, -0.05) is 18.2 Å². The summed E-state index contributed by atoms with van der Waals surface area (Å²) >= 11 is 0. The van der Waals surface area contributed by atoms with Crippen molar-refractivity contribution in [3.8, 4) is 5.75 Å². The van der Waals surface area contributed by atoms with E-state index < -0.39 is 18.3 Å². The number of nitrogens with zero attached hydrogens (tertiary/aromatic N) is 3. The number of carbonyl (C=O) groups is 1. The lowest BCUT2D eigenvalue weighted by Crippen LogP contribution is -2.31. The van der Waals surface area contributed by atoms with E-state index >= 15 is 0 Å². The van der Waals surface area contributed by atoms with Crippen molar-refractivity contribution in [2.75, 3.05) is 0 Å². The third-order valence-corrected chi connectivity index (χ3v) is 2.86. The molecule has 1 heterocycles. The molecule has 1 amide bonds. The van der Waals surface area contributed by atoms with E-state index in [4.69, 9.17) is 0 Å². The molecule has 1 N–H and O–H groups in total. The van der Waals surface area contributed by atoms with Gasteiger partial charge in [0.25, 0.3) is 0 Å². The van der Waals surface area contributed by atoms with Crippen LogP contribution in [0.2, 0.25) is 0 Å². The monoisotopic (exact) mass is 314 g/mol. The van der Waals surface area contributed by atoms with Gasteiger partial charge in [0.05, 0.1) is 0 Å². The van der Waals surface area contributed by atoms with E-state index in [2.05, 4.69) is 20.1 Å². The molecule has 1 atom stereocenters. The molecule has 2 rings (SSSR count). The third kappa shape index (κ3) is 4.21. The van der Waals surface area contributed by atoms with Crippen LogP contribution >= 0.6 is 0 Å². The van der Waals surface area contributed by atoms with Crippen molar-refractivity contribution in [1.82, 2.24) is 20.1 Å². The highest BCUT2D eigenvalue weighted by atomic mass is 19.4. The Hall–Kier alpha value is -2.58. The summed E-state index contributed by atoms with van der Waals surface area (Å²) in [5, 5.41) is 6.37. The Morgan fingerprint density at radius 3 is 2.77 bits per heavy atom. The summed E-state index contributed by atoms with van der Waals surface area (Å²) in [5.41, 5.74) is 0.221. The summed E-state index contributed by atoms with van der Waals surface area (Å²) in [6, 6.07) is 4.99. The quantitative estimate of drug-likeness (QED) is 0.917. The average molecular weight is 314 g/mol. The minimum absolute atomic E-state index is 0.0931. The van der Waals surface area contributed by atoms with Crippen LogP contribution in [-0.4, -0.2) is 27.0 Å². The number of aromatic nitrogens is 3. The van der Waals surface area contributed by atoms with Crippen LogP contribution in [0.15, 0.2) is 36.9 Å².